The van der Waals surface area contributed by atoms with Crippen molar-refractivity contribution in [2.75, 3.05) is 11.1 Å². The number of rotatable bonds is 7. The Morgan fingerprint density at radius 3 is 2.76 bits per heavy atom. The van der Waals surface area contributed by atoms with E-state index in [9.17, 15) is 9.18 Å². The van der Waals surface area contributed by atoms with Crippen molar-refractivity contribution >= 4 is 57.1 Å². The molecule has 0 aliphatic rings. The van der Waals surface area contributed by atoms with Gasteiger partial charge >= 0.3 is 0 Å². The predicted molar refractivity (Wildman–Crippen MR) is 105 cm³/mol. The summed E-state index contributed by atoms with van der Waals surface area (Å²) in [6, 6.07) is 10.1. The third-order valence-electron chi connectivity index (χ3n) is 3.21. The molecule has 0 fully saturated rings. The fraction of sp³-hybridized carbons (Fsp3) is 0.176. The Morgan fingerprint density at radius 1 is 1.24 bits per heavy atom. The molecule has 130 valence electrons. The van der Waals surface area contributed by atoms with E-state index in [2.05, 4.69) is 10.3 Å². The van der Waals surface area contributed by atoms with Gasteiger partial charge in [-0.3, -0.25) is 4.79 Å². The van der Waals surface area contributed by atoms with Crippen LogP contribution in [0.1, 0.15) is 12.8 Å². The van der Waals surface area contributed by atoms with Gasteiger partial charge in [-0.25, -0.2) is 9.37 Å². The lowest BCUT2D eigenvalue weighted by Crippen LogP contribution is -2.11. The quantitative estimate of drug-likeness (QED) is 0.372. The molecule has 0 saturated heterocycles. The van der Waals surface area contributed by atoms with E-state index in [1.807, 2.05) is 17.5 Å². The highest BCUT2D eigenvalue weighted by molar-refractivity contribution is 7.99. The maximum atomic E-state index is 12.8. The zero-order valence-corrected chi connectivity index (χ0v) is 16.2. The molecule has 2 aromatic heterocycles. The van der Waals surface area contributed by atoms with Gasteiger partial charge < -0.3 is 5.32 Å². The molecule has 0 bridgehead atoms. The van der Waals surface area contributed by atoms with E-state index in [0.29, 0.717) is 15.9 Å². The van der Waals surface area contributed by atoms with Gasteiger partial charge in [0.1, 0.15) is 5.82 Å². The van der Waals surface area contributed by atoms with Crippen LogP contribution in [0.3, 0.4) is 0 Å². The number of nitrogens with zero attached hydrogens (tertiary/aromatic N) is 1. The minimum Gasteiger partial charge on any atom is -0.302 e. The number of hydrogen-bond acceptors (Lipinski definition) is 5. The maximum absolute atomic E-state index is 12.8. The molecule has 0 unspecified atom stereocenters. The molecule has 0 aliphatic carbocycles. The van der Waals surface area contributed by atoms with Gasteiger partial charge in [-0.2, -0.15) is 0 Å². The average molecular weight is 413 g/mol. The second-order valence-electron chi connectivity index (χ2n) is 5.10. The number of halogens is 2. The number of anilines is 1. The summed E-state index contributed by atoms with van der Waals surface area (Å²) >= 11 is 10.4. The molecular formula is C17H14ClFN2OS3. The molecule has 0 aliphatic heterocycles. The van der Waals surface area contributed by atoms with Gasteiger partial charge in [0, 0.05) is 16.7 Å². The monoisotopic (exact) mass is 412 g/mol. The molecule has 25 heavy (non-hydrogen) atoms. The normalized spacial score (nSPS) is 10.8. The Hall–Kier alpha value is -1.41. The third-order valence-corrected chi connectivity index (χ3v) is 6.32. The second kappa shape index (κ2) is 8.80. The van der Waals surface area contributed by atoms with Crippen molar-refractivity contribution in [2.45, 2.75) is 17.7 Å². The number of thiazole rings is 1. The molecule has 0 atom stereocenters. The van der Waals surface area contributed by atoms with Crippen LogP contribution in [-0.2, 0) is 4.79 Å². The summed E-state index contributed by atoms with van der Waals surface area (Å²) < 4.78 is 13.5. The molecule has 3 rings (SSSR count). The number of carbonyl (C=O) groups is 1. The Kier molecular flexibility index (Phi) is 6.47. The molecule has 1 N–H and O–H groups in total. The lowest BCUT2D eigenvalue weighted by atomic mass is 10.3. The van der Waals surface area contributed by atoms with Gasteiger partial charge in [-0.05, 0) is 48.6 Å². The van der Waals surface area contributed by atoms with Crippen LogP contribution in [0.4, 0.5) is 9.52 Å². The molecule has 0 spiro atoms. The highest BCUT2D eigenvalue weighted by atomic mass is 35.5. The van der Waals surface area contributed by atoms with Crippen LogP contribution in [0.2, 0.25) is 4.34 Å². The largest absolute Gasteiger partial charge is 0.302 e. The second-order valence-corrected chi connectivity index (χ2v) is 8.84. The van der Waals surface area contributed by atoms with E-state index < -0.39 is 0 Å². The molecular weight excluding hydrogens is 399 g/mol. The van der Waals surface area contributed by atoms with Crippen molar-refractivity contribution < 1.29 is 9.18 Å². The molecule has 8 heteroatoms. The number of aromatic nitrogens is 1. The lowest BCUT2D eigenvalue weighted by molar-refractivity contribution is -0.116. The first-order valence-electron chi connectivity index (χ1n) is 7.49. The minimum atomic E-state index is -0.239. The fourth-order valence-corrected chi connectivity index (χ4v) is 4.69. The molecule has 0 radical (unpaired) electrons. The van der Waals surface area contributed by atoms with Crippen LogP contribution in [0, 0.1) is 5.82 Å². The van der Waals surface area contributed by atoms with Crippen molar-refractivity contribution in [1.29, 1.82) is 0 Å². The Morgan fingerprint density at radius 2 is 2.04 bits per heavy atom. The Balaban J connectivity index is 1.42. The summed E-state index contributed by atoms with van der Waals surface area (Å²) in [6.45, 7) is 0. The fourth-order valence-electron chi connectivity index (χ4n) is 2.03. The molecule has 1 amide bonds. The number of thioether (sulfide) groups is 1. The van der Waals surface area contributed by atoms with E-state index in [-0.39, 0.29) is 11.7 Å². The van der Waals surface area contributed by atoms with Crippen LogP contribution in [0.25, 0.3) is 10.6 Å². The van der Waals surface area contributed by atoms with Gasteiger partial charge in [0.2, 0.25) is 5.91 Å². The van der Waals surface area contributed by atoms with Crippen LogP contribution < -0.4 is 5.32 Å². The zero-order valence-electron chi connectivity index (χ0n) is 13.0. The first kappa shape index (κ1) is 18.4. The molecule has 0 saturated carbocycles. The number of carbonyl (C=O) groups excluding carboxylic acids is 1. The van der Waals surface area contributed by atoms with Crippen LogP contribution in [0.15, 0.2) is 46.7 Å². The predicted octanol–water partition coefficient (Wildman–Crippen LogP) is 6.18. The molecule has 1 aromatic carbocycles. The summed E-state index contributed by atoms with van der Waals surface area (Å²) in [4.78, 5) is 18.4. The number of benzene rings is 1. The van der Waals surface area contributed by atoms with E-state index in [4.69, 9.17) is 11.6 Å². The molecule has 2 heterocycles. The summed E-state index contributed by atoms with van der Waals surface area (Å²) in [5, 5.41) is 5.32. The molecule has 3 aromatic rings. The summed E-state index contributed by atoms with van der Waals surface area (Å²) in [6.07, 6.45) is 1.17. The Labute approximate surface area is 162 Å². The highest BCUT2D eigenvalue weighted by Crippen LogP contribution is 2.32. The van der Waals surface area contributed by atoms with Crippen molar-refractivity contribution in [3.63, 3.8) is 0 Å². The topological polar surface area (TPSA) is 42.0 Å². The van der Waals surface area contributed by atoms with Gasteiger partial charge in [0.15, 0.2) is 5.13 Å². The van der Waals surface area contributed by atoms with E-state index in [0.717, 1.165) is 27.6 Å². The van der Waals surface area contributed by atoms with Crippen molar-refractivity contribution in [3.8, 4) is 10.6 Å². The first-order valence-corrected chi connectivity index (χ1v) is 10.6. The van der Waals surface area contributed by atoms with Gasteiger partial charge in [0.25, 0.3) is 0 Å². The van der Waals surface area contributed by atoms with E-state index >= 15 is 0 Å². The molecule has 3 nitrogen and oxygen atoms in total. The summed E-state index contributed by atoms with van der Waals surface area (Å²) in [5.41, 5.74) is 0.823. The van der Waals surface area contributed by atoms with Gasteiger partial charge in [-0.15, -0.1) is 34.4 Å². The average Bonchev–Trinajstić information content (AvgIpc) is 3.22. The Bertz CT molecular complexity index is 848. The lowest BCUT2D eigenvalue weighted by Gasteiger charge is -2.02. The third kappa shape index (κ3) is 5.54. The summed E-state index contributed by atoms with van der Waals surface area (Å²) in [7, 11) is 0. The SMILES string of the molecule is O=C(CCCSc1ccc(F)cc1)Nc1nc(-c2ccc(Cl)s2)cs1. The van der Waals surface area contributed by atoms with Crippen molar-refractivity contribution in [1.82, 2.24) is 4.98 Å². The highest BCUT2D eigenvalue weighted by Gasteiger charge is 2.09. The number of hydrogen-bond donors (Lipinski definition) is 1. The van der Waals surface area contributed by atoms with Gasteiger partial charge in [-0.1, -0.05) is 11.6 Å². The number of nitrogens with one attached hydrogen (secondary N) is 1. The van der Waals surface area contributed by atoms with Gasteiger partial charge in [0.05, 0.1) is 14.9 Å². The summed E-state index contributed by atoms with van der Waals surface area (Å²) in [5.74, 6) is 0.511. The van der Waals surface area contributed by atoms with Crippen LogP contribution >= 0.6 is 46.0 Å². The minimum absolute atomic E-state index is 0.0511. The maximum Gasteiger partial charge on any atom is 0.226 e. The van der Waals surface area contributed by atoms with E-state index in [1.54, 1.807) is 23.9 Å². The smallest absolute Gasteiger partial charge is 0.226 e. The van der Waals surface area contributed by atoms with Crippen molar-refractivity contribution in [3.05, 3.63) is 51.9 Å². The van der Waals surface area contributed by atoms with E-state index in [1.165, 1.54) is 34.8 Å². The van der Waals surface area contributed by atoms with Crippen molar-refractivity contribution in [2.24, 2.45) is 0 Å². The first-order chi connectivity index (χ1) is 12.1. The van der Waals surface area contributed by atoms with Crippen LogP contribution in [-0.4, -0.2) is 16.6 Å². The van der Waals surface area contributed by atoms with Crippen LogP contribution in [0.5, 0.6) is 0 Å². The zero-order chi connectivity index (χ0) is 17.6. The number of amides is 1. The number of thiophene rings is 1. The standard InChI is InChI=1S/C17H14ClFN2OS3/c18-15-8-7-14(25-15)13-10-24-17(20-13)21-16(22)2-1-9-23-12-5-3-11(19)4-6-12/h3-8,10H,1-2,9H2,(H,20,21,22).